The van der Waals surface area contributed by atoms with E-state index < -0.39 is 5.92 Å². The van der Waals surface area contributed by atoms with Gasteiger partial charge in [-0.2, -0.15) is 5.10 Å². The number of benzene rings is 1. The zero-order valence-electron chi connectivity index (χ0n) is 15.1. The van der Waals surface area contributed by atoms with Gasteiger partial charge in [-0.3, -0.25) is 9.48 Å². The lowest BCUT2D eigenvalue weighted by Crippen LogP contribution is -2.37. The average molecular weight is 377 g/mol. The Balaban J connectivity index is 1.60. The Morgan fingerprint density at radius 1 is 1.30 bits per heavy atom. The minimum Gasteiger partial charge on any atom is -0.309 e. The van der Waals surface area contributed by atoms with Crippen molar-refractivity contribution in [2.24, 2.45) is 13.0 Å². The molecular weight excluding hydrogens is 355 g/mol. The van der Waals surface area contributed by atoms with E-state index in [2.05, 4.69) is 10.4 Å². The van der Waals surface area contributed by atoms with E-state index >= 15 is 0 Å². The first-order valence-corrected chi connectivity index (χ1v) is 9.33. The fraction of sp³-hybridized carbons (Fsp3) is 0.500. The molecule has 0 aliphatic heterocycles. The lowest BCUT2D eigenvalue weighted by atomic mass is 9.78. The maximum absolute atomic E-state index is 14.4. The first-order valence-electron chi connectivity index (χ1n) is 9.33. The van der Waals surface area contributed by atoms with Crippen LogP contribution in [0.1, 0.15) is 50.0 Å². The molecule has 1 N–H and O–H groups in total. The molecule has 1 heterocycles. The molecule has 27 heavy (non-hydrogen) atoms. The molecule has 1 aromatic heterocycles. The number of hydrogen-bond donors (Lipinski definition) is 1. The van der Waals surface area contributed by atoms with E-state index in [1.165, 1.54) is 6.07 Å². The average Bonchev–Trinajstić information content (AvgIpc) is 2.80. The molecule has 1 amide bonds. The summed E-state index contributed by atoms with van der Waals surface area (Å²) >= 11 is 0. The Bertz CT molecular complexity index is 865. The van der Waals surface area contributed by atoms with E-state index in [4.69, 9.17) is 0 Å². The van der Waals surface area contributed by atoms with Crippen LogP contribution in [-0.4, -0.2) is 21.6 Å². The van der Waals surface area contributed by atoms with Gasteiger partial charge < -0.3 is 5.32 Å². The molecule has 0 saturated heterocycles. The molecule has 0 spiro atoms. The predicted molar refractivity (Wildman–Crippen MR) is 96.1 cm³/mol. The number of halogens is 3. The maximum Gasteiger partial charge on any atom is 0.248 e. The highest BCUT2D eigenvalue weighted by molar-refractivity contribution is 5.92. The highest BCUT2D eigenvalue weighted by Crippen LogP contribution is 2.46. The first kappa shape index (κ1) is 18.1. The van der Waals surface area contributed by atoms with Crippen LogP contribution in [0.5, 0.6) is 0 Å². The summed E-state index contributed by atoms with van der Waals surface area (Å²) in [7, 11) is 1.73. The Hall–Kier alpha value is -2.31. The van der Waals surface area contributed by atoms with Gasteiger partial charge in [0, 0.05) is 37.4 Å². The van der Waals surface area contributed by atoms with E-state index in [1.54, 1.807) is 29.9 Å². The summed E-state index contributed by atoms with van der Waals surface area (Å²) in [5, 5.41) is 7.22. The van der Waals surface area contributed by atoms with Crippen LogP contribution in [0.2, 0.25) is 0 Å². The van der Waals surface area contributed by atoms with Crippen LogP contribution in [0, 0.1) is 11.7 Å². The minimum absolute atomic E-state index is 0.0608. The minimum atomic E-state index is -2.63. The summed E-state index contributed by atoms with van der Waals surface area (Å²) < 4.78 is 42.0. The number of carbonyl (C=O) groups is 1. The number of nitrogens with zero attached hydrogens (tertiary/aromatic N) is 2. The second kappa shape index (κ2) is 6.69. The van der Waals surface area contributed by atoms with Crippen LogP contribution in [0.3, 0.4) is 0 Å². The van der Waals surface area contributed by atoms with Gasteiger partial charge in [-0.15, -0.1) is 0 Å². The SMILES string of the molecule is Cn1nc(NC(=O)CC2CC(F)(F)C2)c(C2CCC2)c1-c1ccccc1F. The molecule has 2 aliphatic carbocycles. The number of amides is 1. The third kappa shape index (κ3) is 3.47. The fourth-order valence-corrected chi connectivity index (χ4v) is 4.06. The molecule has 7 heteroatoms. The molecule has 2 fully saturated rings. The summed E-state index contributed by atoms with van der Waals surface area (Å²) in [6.45, 7) is 0. The van der Waals surface area contributed by atoms with Crippen LogP contribution in [0.15, 0.2) is 24.3 Å². The smallest absolute Gasteiger partial charge is 0.248 e. The highest BCUT2D eigenvalue weighted by Gasteiger charge is 2.45. The third-order valence-electron chi connectivity index (χ3n) is 5.63. The summed E-state index contributed by atoms with van der Waals surface area (Å²) in [4.78, 5) is 12.4. The molecule has 2 saturated carbocycles. The van der Waals surface area contributed by atoms with Gasteiger partial charge in [0.2, 0.25) is 11.8 Å². The maximum atomic E-state index is 14.4. The van der Waals surface area contributed by atoms with Gasteiger partial charge in [-0.05, 0) is 36.8 Å². The zero-order valence-corrected chi connectivity index (χ0v) is 15.1. The van der Waals surface area contributed by atoms with Gasteiger partial charge in [0.1, 0.15) is 5.82 Å². The highest BCUT2D eigenvalue weighted by atomic mass is 19.3. The van der Waals surface area contributed by atoms with Crippen LogP contribution >= 0.6 is 0 Å². The van der Waals surface area contributed by atoms with Crippen molar-refractivity contribution in [3.63, 3.8) is 0 Å². The predicted octanol–water partition coefficient (Wildman–Crippen LogP) is 4.87. The Morgan fingerprint density at radius 3 is 2.59 bits per heavy atom. The quantitative estimate of drug-likeness (QED) is 0.808. The summed E-state index contributed by atoms with van der Waals surface area (Å²) in [5.41, 5.74) is 1.97. The van der Waals surface area contributed by atoms with Crippen molar-refractivity contribution in [2.45, 2.75) is 50.4 Å². The molecule has 0 bridgehead atoms. The molecule has 0 unspecified atom stereocenters. The van der Waals surface area contributed by atoms with Gasteiger partial charge in [-0.1, -0.05) is 18.6 Å². The van der Waals surface area contributed by atoms with E-state index in [0.29, 0.717) is 17.1 Å². The molecule has 4 rings (SSSR count). The fourth-order valence-electron chi connectivity index (χ4n) is 4.06. The van der Waals surface area contributed by atoms with Gasteiger partial charge in [0.15, 0.2) is 5.82 Å². The second-order valence-corrected chi connectivity index (χ2v) is 7.72. The van der Waals surface area contributed by atoms with Crippen molar-refractivity contribution >= 4 is 11.7 Å². The molecule has 0 radical (unpaired) electrons. The largest absolute Gasteiger partial charge is 0.309 e. The van der Waals surface area contributed by atoms with Crippen LogP contribution < -0.4 is 5.32 Å². The van der Waals surface area contributed by atoms with Crippen LogP contribution in [0.25, 0.3) is 11.3 Å². The topological polar surface area (TPSA) is 46.9 Å². The van der Waals surface area contributed by atoms with E-state index in [0.717, 1.165) is 24.8 Å². The van der Waals surface area contributed by atoms with Gasteiger partial charge in [-0.25, -0.2) is 13.2 Å². The summed E-state index contributed by atoms with van der Waals surface area (Å²) in [6.07, 6.45) is 2.60. The lowest BCUT2D eigenvalue weighted by Gasteiger charge is -2.34. The molecule has 4 nitrogen and oxygen atoms in total. The van der Waals surface area contributed by atoms with E-state index in [1.807, 2.05) is 0 Å². The molecular formula is C20H22F3N3O. The number of aryl methyl sites for hydroxylation is 1. The number of anilines is 1. The third-order valence-corrected chi connectivity index (χ3v) is 5.63. The number of aromatic nitrogens is 2. The van der Waals surface area contributed by atoms with Crippen LogP contribution in [-0.2, 0) is 11.8 Å². The van der Waals surface area contributed by atoms with Crippen molar-refractivity contribution in [3.8, 4) is 11.3 Å². The summed E-state index contributed by atoms with van der Waals surface area (Å²) in [6, 6.07) is 6.51. The van der Waals surface area contributed by atoms with Gasteiger partial charge in [0.05, 0.1) is 5.69 Å². The summed E-state index contributed by atoms with van der Waals surface area (Å²) in [5.74, 6) is -2.93. The Morgan fingerprint density at radius 2 is 2.00 bits per heavy atom. The number of alkyl halides is 2. The number of carbonyl (C=O) groups excluding carboxylic acids is 1. The van der Waals surface area contributed by atoms with Gasteiger partial charge in [0.25, 0.3) is 0 Å². The molecule has 2 aromatic rings. The second-order valence-electron chi connectivity index (χ2n) is 7.72. The van der Waals surface area contributed by atoms with E-state index in [9.17, 15) is 18.0 Å². The van der Waals surface area contributed by atoms with Crippen molar-refractivity contribution in [1.82, 2.24) is 9.78 Å². The van der Waals surface area contributed by atoms with Gasteiger partial charge >= 0.3 is 0 Å². The lowest BCUT2D eigenvalue weighted by molar-refractivity contribution is -0.129. The zero-order chi connectivity index (χ0) is 19.2. The number of hydrogen-bond acceptors (Lipinski definition) is 2. The first-order chi connectivity index (χ1) is 12.8. The van der Waals surface area contributed by atoms with E-state index in [-0.39, 0.29) is 42.8 Å². The number of rotatable bonds is 5. The normalized spacial score (nSPS) is 19.4. The number of nitrogens with one attached hydrogen (secondary N) is 1. The molecule has 2 aliphatic rings. The van der Waals surface area contributed by atoms with Crippen molar-refractivity contribution in [3.05, 3.63) is 35.6 Å². The van der Waals surface area contributed by atoms with Crippen LogP contribution in [0.4, 0.5) is 19.0 Å². The van der Waals surface area contributed by atoms with Crippen molar-refractivity contribution < 1.29 is 18.0 Å². The monoisotopic (exact) mass is 377 g/mol. The van der Waals surface area contributed by atoms with Crippen molar-refractivity contribution in [2.75, 3.05) is 5.32 Å². The molecule has 144 valence electrons. The standard InChI is InChI=1S/C20H22F3N3O/c1-26-18(14-7-2-3-8-15(14)21)17(13-5-4-6-13)19(25-26)24-16(27)9-12-10-20(22,23)11-12/h2-3,7-8,12-13H,4-6,9-11H2,1H3,(H,24,25,27). The Labute approximate surface area is 155 Å². The molecule has 0 atom stereocenters. The van der Waals surface area contributed by atoms with Crippen molar-refractivity contribution in [1.29, 1.82) is 0 Å². The molecule has 1 aromatic carbocycles. The Kier molecular flexibility index (Phi) is 4.48.